The van der Waals surface area contributed by atoms with Crippen LogP contribution in [0, 0.1) is 0 Å². The zero-order chi connectivity index (χ0) is 10.2. The molecule has 2 nitrogen and oxygen atoms in total. The van der Waals surface area contributed by atoms with Gasteiger partial charge in [0.05, 0.1) is 6.61 Å². The van der Waals surface area contributed by atoms with Crippen LogP contribution in [0.1, 0.15) is 30.9 Å². The highest BCUT2D eigenvalue weighted by molar-refractivity contribution is 5.22. The van der Waals surface area contributed by atoms with Gasteiger partial charge in [-0.2, -0.15) is 0 Å². The van der Waals surface area contributed by atoms with E-state index in [0.717, 1.165) is 25.7 Å². The van der Waals surface area contributed by atoms with Crippen molar-refractivity contribution in [2.75, 3.05) is 6.61 Å². The van der Waals surface area contributed by atoms with Gasteiger partial charge in [-0.05, 0) is 36.8 Å². The van der Waals surface area contributed by atoms with Crippen LogP contribution in [0.4, 0.5) is 0 Å². The van der Waals surface area contributed by atoms with Crippen LogP contribution in [0.25, 0.3) is 0 Å². The molecule has 2 heteroatoms. The second-order valence-corrected chi connectivity index (χ2v) is 3.46. The Morgan fingerprint density at radius 1 is 1.07 bits per heavy atom. The summed E-state index contributed by atoms with van der Waals surface area (Å²) in [5.41, 5.74) is 2.74. The highest BCUT2D eigenvalue weighted by atomic mass is 17.1. The van der Waals surface area contributed by atoms with E-state index in [2.05, 4.69) is 36.1 Å². The molecule has 0 unspecified atom stereocenters. The minimum atomic E-state index is 0.438. The Kier molecular flexibility index (Phi) is 5.27. The molecule has 0 bridgehead atoms. The summed E-state index contributed by atoms with van der Waals surface area (Å²) in [6.07, 6.45) is 4.13. The summed E-state index contributed by atoms with van der Waals surface area (Å²) < 4.78 is 0. The molecule has 0 atom stereocenters. The van der Waals surface area contributed by atoms with E-state index in [-0.39, 0.29) is 0 Å². The van der Waals surface area contributed by atoms with E-state index in [0.29, 0.717) is 6.61 Å². The molecule has 0 aliphatic rings. The van der Waals surface area contributed by atoms with Crippen LogP contribution in [0.2, 0.25) is 0 Å². The summed E-state index contributed by atoms with van der Waals surface area (Å²) in [5, 5.41) is 8.13. The minimum absolute atomic E-state index is 0.438. The molecule has 1 aromatic carbocycles. The first-order valence-electron chi connectivity index (χ1n) is 5.21. The van der Waals surface area contributed by atoms with Crippen molar-refractivity contribution in [3.05, 3.63) is 35.4 Å². The molecule has 0 spiro atoms. The van der Waals surface area contributed by atoms with Crippen molar-refractivity contribution >= 4 is 0 Å². The highest BCUT2D eigenvalue weighted by Gasteiger charge is 1.94. The first kappa shape index (κ1) is 11.2. The number of hydrogen-bond acceptors (Lipinski definition) is 2. The van der Waals surface area contributed by atoms with Gasteiger partial charge in [-0.1, -0.05) is 31.2 Å². The van der Waals surface area contributed by atoms with Crippen LogP contribution < -0.4 is 0 Å². The van der Waals surface area contributed by atoms with Crippen LogP contribution in [-0.2, 0) is 17.7 Å². The molecule has 0 fully saturated rings. The molecule has 0 radical (unpaired) electrons. The average molecular weight is 194 g/mol. The first-order chi connectivity index (χ1) is 6.86. The van der Waals surface area contributed by atoms with Gasteiger partial charge in [-0.25, -0.2) is 4.89 Å². The summed E-state index contributed by atoms with van der Waals surface area (Å²) >= 11 is 0. The Balaban J connectivity index is 2.29. The topological polar surface area (TPSA) is 29.5 Å². The maximum absolute atomic E-state index is 8.13. The maximum Gasteiger partial charge on any atom is 0.0819 e. The minimum Gasteiger partial charge on any atom is -0.252 e. The average Bonchev–Trinajstić information content (AvgIpc) is 2.25. The third kappa shape index (κ3) is 3.90. The molecule has 1 aromatic rings. The van der Waals surface area contributed by atoms with Crippen molar-refractivity contribution in [3.8, 4) is 0 Å². The molecule has 0 aromatic heterocycles. The van der Waals surface area contributed by atoms with Crippen LogP contribution in [0.3, 0.4) is 0 Å². The Morgan fingerprint density at radius 2 is 1.71 bits per heavy atom. The van der Waals surface area contributed by atoms with E-state index >= 15 is 0 Å². The Labute approximate surface area is 85.5 Å². The lowest BCUT2D eigenvalue weighted by Crippen LogP contribution is -1.92. The molecule has 0 saturated heterocycles. The summed E-state index contributed by atoms with van der Waals surface area (Å²) in [7, 11) is 0. The molecular weight excluding hydrogens is 176 g/mol. The molecular formula is C12H18O2. The summed E-state index contributed by atoms with van der Waals surface area (Å²) in [4.78, 5) is 4.02. The van der Waals surface area contributed by atoms with E-state index in [1.807, 2.05) is 0 Å². The zero-order valence-corrected chi connectivity index (χ0v) is 8.70. The summed E-state index contributed by atoms with van der Waals surface area (Å²) in [5.74, 6) is 0. The molecule has 0 aliphatic heterocycles. The second-order valence-electron chi connectivity index (χ2n) is 3.46. The fourth-order valence-corrected chi connectivity index (χ4v) is 1.44. The number of rotatable bonds is 6. The predicted octanol–water partition coefficient (Wildman–Crippen LogP) is 3.06. The predicted molar refractivity (Wildman–Crippen MR) is 57.3 cm³/mol. The van der Waals surface area contributed by atoms with Crippen molar-refractivity contribution in [1.29, 1.82) is 0 Å². The highest BCUT2D eigenvalue weighted by Crippen LogP contribution is 2.08. The summed E-state index contributed by atoms with van der Waals surface area (Å²) in [6.45, 7) is 2.60. The molecule has 1 N–H and O–H groups in total. The molecule has 0 aliphatic carbocycles. The van der Waals surface area contributed by atoms with Crippen molar-refractivity contribution in [2.45, 2.75) is 32.6 Å². The third-order valence-electron chi connectivity index (χ3n) is 2.38. The Hall–Kier alpha value is -0.860. The fourth-order valence-electron chi connectivity index (χ4n) is 1.44. The van der Waals surface area contributed by atoms with Crippen LogP contribution in [0.15, 0.2) is 24.3 Å². The molecule has 0 amide bonds. The standard InChI is InChI=1S/C12H18O2/c1-2-11-6-8-12(9-7-11)5-3-4-10-14-13/h6-9,13H,2-5,10H2,1H3. The third-order valence-corrected chi connectivity index (χ3v) is 2.38. The van der Waals surface area contributed by atoms with Crippen molar-refractivity contribution in [2.24, 2.45) is 0 Å². The molecule has 0 saturated carbocycles. The van der Waals surface area contributed by atoms with Gasteiger partial charge in [-0.15, -0.1) is 0 Å². The van der Waals surface area contributed by atoms with Crippen molar-refractivity contribution < 1.29 is 10.1 Å². The lowest BCUT2D eigenvalue weighted by atomic mass is 10.1. The quantitative estimate of drug-likeness (QED) is 0.428. The van der Waals surface area contributed by atoms with E-state index < -0.39 is 0 Å². The summed E-state index contributed by atoms with van der Waals surface area (Å²) in [6, 6.07) is 8.72. The van der Waals surface area contributed by atoms with Gasteiger partial charge in [0.2, 0.25) is 0 Å². The molecule has 78 valence electrons. The van der Waals surface area contributed by atoms with Gasteiger partial charge >= 0.3 is 0 Å². The number of benzene rings is 1. The fraction of sp³-hybridized carbons (Fsp3) is 0.500. The van der Waals surface area contributed by atoms with E-state index in [9.17, 15) is 0 Å². The SMILES string of the molecule is CCc1ccc(CCCCOO)cc1. The largest absolute Gasteiger partial charge is 0.252 e. The van der Waals surface area contributed by atoms with Crippen molar-refractivity contribution in [3.63, 3.8) is 0 Å². The van der Waals surface area contributed by atoms with Gasteiger partial charge < -0.3 is 0 Å². The smallest absolute Gasteiger partial charge is 0.0819 e. The number of hydrogen-bond donors (Lipinski definition) is 1. The molecule has 0 heterocycles. The monoisotopic (exact) mass is 194 g/mol. The Bertz CT molecular complexity index is 241. The number of aryl methyl sites for hydroxylation is 2. The first-order valence-corrected chi connectivity index (χ1v) is 5.21. The normalized spacial score (nSPS) is 10.4. The van der Waals surface area contributed by atoms with Gasteiger partial charge in [0, 0.05) is 0 Å². The Morgan fingerprint density at radius 3 is 2.29 bits per heavy atom. The number of unbranched alkanes of at least 4 members (excludes halogenated alkanes) is 1. The van der Waals surface area contributed by atoms with Crippen molar-refractivity contribution in [1.82, 2.24) is 0 Å². The lowest BCUT2D eigenvalue weighted by Gasteiger charge is -2.02. The van der Waals surface area contributed by atoms with Gasteiger partial charge in [0.25, 0.3) is 0 Å². The maximum atomic E-state index is 8.13. The van der Waals surface area contributed by atoms with E-state index in [1.54, 1.807) is 0 Å². The van der Waals surface area contributed by atoms with E-state index in [1.165, 1.54) is 11.1 Å². The van der Waals surface area contributed by atoms with E-state index in [4.69, 9.17) is 5.26 Å². The van der Waals surface area contributed by atoms with Gasteiger partial charge in [0.15, 0.2) is 0 Å². The zero-order valence-electron chi connectivity index (χ0n) is 8.70. The second kappa shape index (κ2) is 6.57. The van der Waals surface area contributed by atoms with Gasteiger partial charge in [-0.3, -0.25) is 5.26 Å². The molecule has 1 rings (SSSR count). The molecule has 14 heavy (non-hydrogen) atoms. The van der Waals surface area contributed by atoms with Crippen LogP contribution in [0.5, 0.6) is 0 Å². The van der Waals surface area contributed by atoms with Gasteiger partial charge in [0.1, 0.15) is 0 Å². The van der Waals surface area contributed by atoms with Crippen LogP contribution in [-0.4, -0.2) is 11.9 Å². The van der Waals surface area contributed by atoms with Crippen LogP contribution >= 0.6 is 0 Å². The lowest BCUT2D eigenvalue weighted by molar-refractivity contribution is -0.242.